The summed E-state index contributed by atoms with van der Waals surface area (Å²) in [5.41, 5.74) is 3.14. The van der Waals surface area contributed by atoms with Gasteiger partial charge in [-0.15, -0.1) is 11.3 Å². The molecule has 1 amide bonds. The van der Waals surface area contributed by atoms with Crippen LogP contribution in [-0.2, 0) is 4.79 Å². The second-order valence-electron chi connectivity index (χ2n) is 8.25. The number of amides is 1. The van der Waals surface area contributed by atoms with Crippen LogP contribution in [0.15, 0.2) is 36.0 Å². The Hall–Kier alpha value is -3.41. The molecule has 0 spiro atoms. The van der Waals surface area contributed by atoms with Gasteiger partial charge in [0.1, 0.15) is 24.6 Å². The molecule has 2 aliphatic heterocycles. The van der Waals surface area contributed by atoms with Crippen molar-refractivity contribution in [3.05, 3.63) is 41.0 Å². The summed E-state index contributed by atoms with van der Waals surface area (Å²) in [6.45, 7) is 4.31. The van der Waals surface area contributed by atoms with E-state index in [2.05, 4.69) is 30.1 Å². The number of carbonyl (C=O) groups excluding carboxylic acids is 1. The minimum Gasteiger partial charge on any atom is -0.486 e. The Morgan fingerprint density at radius 3 is 2.77 bits per heavy atom. The van der Waals surface area contributed by atoms with Crippen LogP contribution < -0.4 is 19.7 Å². The highest BCUT2D eigenvalue weighted by atomic mass is 35.5. The van der Waals surface area contributed by atoms with Crippen LogP contribution in [0.3, 0.4) is 0 Å². The normalized spacial score (nSPS) is 16.0. The zero-order chi connectivity index (χ0) is 23.8. The molecule has 6 rings (SSSR count). The molecule has 35 heavy (non-hydrogen) atoms. The highest BCUT2D eigenvalue weighted by Crippen LogP contribution is 2.37. The van der Waals surface area contributed by atoms with Gasteiger partial charge in [0.25, 0.3) is 0 Å². The van der Waals surface area contributed by atoms with E-state index in [0.717, 1.165) is 48.7 Å². The van der Waals surface area contributed by atoms with Crippen LogP contribution >= 0.6 is 22.9 Å². The highest BCUT2D eigenvalue weighted by Gasteiger charge is 2.24. The van der Waals surface area contributed by atoms with Gasteiger partial charge in [-0.05, 0) is 18.2 Å². The summed E-state index contributed by atoms with van der Waals surface area (Å²) in [7, 11) is 0. The Balaban J connectivity index is 1.19. The molecule has 0 unspecified atom stereocenters. The summed E-state index contributed by atoms with van der Waals surface area (Å²) in [5, 5.41) is 5.85. The van der Waals surface area contributed by atoms with Gasteiger partial charge in [-0.25, -0.2) is 15.0 Å². The molecule has 0 radical (unpaired) electrons. The van der Waals surface area contributed by atoms with E-state index in [-0.39, 0.29) is 5.91 Å². The molecule has 1 saturated heterocycles. The van der Waals surface area contributed by atoms with Gasteiger partial charge in [-0.3, -0.25) is 9.69 Å². The largest absolute Gasteiger partial charge is 0.486 e. The number of ether oxygens (including phenoxy) is 2. The summed E-state index contributed by atoms with van der Waals surface area (Å²) in [6, 6.07) is 5.76. The summed E-state index contributed by atoms with van der Waals surface area (Å²) < 4.78 is 11.3. The van der Waals surface area contributed by atoms with Gasteiger partial charge in [-0.1, -0.05) is 11.6 Å². The van der Waals surface area contributed by atoms with Crippen molar-refractivity contribution in [2.45, 2.75) is 0 Å². The molecule has 10 nitrogen and oxygen atoms in total. The number of nitrogens with zero attached hydrogens (tertiary/aromatic N) is 5. The van der Waals surface area contributed by atoms with Crippen molar-refractivity contribution in [2.24, 2.45) is 0 Å². The Labute approximate surface area is 209 Å². The fourth-order valence-corrected chi connectivity index (χ4v) is 5.14. The quantitative estimate of drug-likeness (QED) is 0.420. The Morgan fingerprint density at radius 2 is 1.97 bits per heavy atom. The molecule has 1 aromatic carbocycles. The maximum atomic E-state index is 12.3. The summed E-state index contributed by atoms with van der Waals surface area (Å²) in [5.74, 6) is 2.06. The smallest absolute Gasteiger partial charge is 0.240 e. The molecule has 1 fully saturated rings. The molecule has 2 aliphatic rings. The summed E-state index contributed by atoms with van der Waals surface area (Å²) in [6.07, 6.45) is 3.31. The zero-order valence-electron chi connectivity index (χ0n) is 18.7. The first kappa shape index (κ1) is 22.1. The lowest BCUT2D eigenvalue weighted by atomic mass is 10.2. The molecule has 4 aromatic rings. The summed E-state index contributed by atoms with van der Waals surface area (Å²) in [4.78, 5) is 33.3. The molecule has 0 atom stereocenters. The van der Waals surface area contributed by atoms with Gasteiger partial charge < -0.3 is 24.7 Å². The first-order chi connectivity index (χ1) is 17.1. The number of imidazole rings is 1. The number of pyridine rings is 1. The van der Waals surface area contributed by atoms with Gasteiger partial charge in [0, 0.05) is 43.3 Å². The second kappa shape index (κ2) is 9.33. The minimum atomic E-state index is -0.0598. The number of aromatic amines is 1. The van der Waals surface area contributed by atoms with E-state index in [1.165, 1.54) is 11.3 Å². The standard InChI is InChI=1S/C23H22ClN7O3S/c24-15-12-26-22-19(28-21(29-22)14-1-2-16-17(11-14)34-9-8-33-16)20(15)31-6-4-30(5-7-31)13-18(32)27-23-25-3-10-35-23/h1-3,10-12H,4-9,13H2,(H,25,27,32)(H,26,28,29). The van der Waals surface area contributed by atoms with Gasteiger partial charge in [-0.2, -0.15) is 0 Å². The lowest BCUT2D eigenvalue weighted by Gasteiger charge is -2.36. The number of aromatic nitrogens is 4. The number of rotatable bonds is 5. The monoisotopic (exact) mass is 511 g/mol. The van der Waals surface area contributed by atoms with E-state index >= 15 is 0 Å². The molecule has 0 saturated carbocycles. The molecular formula is C23H22ClN7O3S. The number of hydrogen-bond donors (Lipinski definition) is 2. The number of thiazole rings is 1. The summed E-state index contributed by atoms with van der Waals surface area (Å²) >= 11 is 8.02. The first-order valence-electron chi connectivity index (χ1n) is 11.2. The average Bonchev–Trinajstić information content (AvgIpc) is 3.54. The number of benzene rings is 1. The van der Waals surface area contributed by atoms with Crippen molar-refractivity contribution in [2.75, 3.05) is 56.2 Å². The Kier molecular flexibility index (Phi) is 5.88. The van der Waals surface area contributed by atoms with E-state index in [1.807, 2.05) is 23.6 Å². The van der Waals surface area contributed by atoms with Gasteiger partial charge in [0.05, 0.1) is 23.5 Å². The van der Waals surface area contributed by atoms with Crippen LogP contribution in [0.5, 0.6) is 11.5 Å². The van der Waals surface area contributed by atoms with E-state index in [1.54, 1.807) is 12.4 Å². The fourth-order valence-electron chi connectivity index (χ4n) is 4.33. The van der Waals surface area contributed by atoms with E-state index in [4.69, 9.17) is 26.1 Å². The lowest BCUT2D eigenvalue weighted by Crippen LogP contribution is -2.48. The van der Waals surface area contributed by atoms with Crippen LogP contribution in [0.25, 0.3) is 22.6 Å². The third-order valence-electron chi connectivity index (χ3n) is 6.00. The molecule has 12 heteroatoms. The third-order valence-corrected chi connectivity index (χ3v) is 6.96. The fraction of sp³-hybridized carbons (Fsp3) is 0.304. The number of H-pyrrole nitrogens is 1. The molecule has 0 aliphatic carbocycles. The van der Waals surface area contributed by atoms with Crippen LogP contribution in [0.2, 0.25) is 5.02 Å². The van der Waals surface area contributed by atoms with Crippen molar-refractivity contribution >= 4 is 50.8 Å². The average molecular weight is 512 g/mol. The van der Waals surface area contributed by atoms with Gasteiger partial charge >= 0.3 is 0 Å². The van der Waals surface area contributed by atoms with E-state index in [9.17, 15) is 4.79 Å². The SMILES string of the molecule is O=C(CN1CCN(c2c(Cl)cnc3nc(-c4ccc5c(c4)OCCO5)[nH]c23)CC1)Nc1nccs1. The maximum Gasteiger partial charge on any atom is 0.240 e. The predicted octanol–water partition coefficient (Wildman–Crippen LogP) is 3.27. The van der Waals surface area contributed by atoms with E-state index < -0.39 is 0 Å². The van der Waals surface area contributed by atoms with Crippen LogP contribution in [0.1, 0.15) is 0 Å². The second-order valence-corrected chi connectivity index (χ2v) is 9.55. The Bertz CT molecular complexity index is 1370. The van der Waals surface area contributed by atoms with Crippen molar-refractivity contribution in [3.8, 4) is 22.9 Å². The number of piperazine rings is 1. The molecule has 3 aromatic heterocycles. The van der Waals surface area contributed by atoms with Crippen LogP contribution in [0, 0.1) is 0 Å². The molecule has 2 N–H and O–H groups in total. The maximum absolute atomic E-state index is 12.3. The third kappa shape index (κ3) is 4.49. The minimum absolute atomic E-state index is 0.0598. The molecule has 180 valence electrons. The van der Waals surface area contributed by atoms with Crippen LogP contribution in [0.4, 0.5) is 10.8 Å². The Morgan fingerprint density at radius 1 is 1.14 bits per heavy atom. The predicted molar refractivity (Wildman–Crippen MR) is 135 cm³/mol. The van der Waals surface area contributed by atoms with Crippen molar-refractivity contribution < 1.29 is 14.3 Å². The number of fused-ring (bicyclic) bond motifs is 2. The zero-order valence-corrected chi connectivity index (χ0v) is 20.2. The molecular weight excluding hydrogens is 490 g/mol. The topological polar surface area (TPSA) is 109 Å². The molecule has 0 bridgehead atoms. The van der Waals surface area contributed by atoms with Crippen molar-refractivity contribution in [1.82, 2.24) is 24.8 Å². The van der Waals surface area contributed by atoms with Crippen molar-refractivity contribution in [3.63, 3.8) is 0 Å². The number of hydrogen-bond acceptors (Lipinski definition) is 9. The van der Waals surface area contributed by atoms with E-state index in [0.29, 0.717) is 47.1 Å². The number of carbonyl (C=O) groups is 1. The number of nitrogens with one attached hydrogen (secondary N) is 2. The lowest BCUT2D eigenvalue weighted by molar-refractivity contribution is -0.117. The first-order valence-corrected chi connectivity index (χ1v) is 12.5. The van der Waals surface area contributed by atoms with Crippen molar-refractivity contribution in [1.29, 1.82) is 0 Å². The number of halogens is 1. The highest BCUT2D eigenvalue weighted by molar-refractivity contribution is 7.13. The van der Waals surface area contributed by atoms with Crippen LogP contribution in [-0.4, -0.2) is 76.7 Å². The van der Waals surface area contributed by atoms with Gasteiger partial charge in [0.15, 0.2) is 22.3 Å². The number of anilines is 2. The molecule has 5 heterocycles. The van der Waals surface area contributed by atoms with Gasteiger partial charge in [0.2, 0.25) is 5.91 Å².